The molecule has 1 heterocycles. The van der Waals surface area contributed by atoms with E-state index in [4.69, 9.17) is 16.3 Å². The summed E-state index contributed by atoms with van der Waals surface area (Å²) in [5.41, 5.74) is 1.87. The maximum atomic E-state index is 12.5. The van der Waals surface area contributed by atoms with Crippen LogP contribution >= 0.6 is 23.4 Å². The van der Waals surface area contributed by atoms with Gasteiger partial charge in [-0.15, -0.1) is 11.8 Å². The van der Waals surface area contributed by atoms with Crippen molar-refractivity contribution < 1.29 is 14.3 Å². The average molecular weight is 386 g/mol. The highest BCUT2D eigenvalue weighted by Crippen LogP contribution is 2.25. The molecule has 3 rings (SSSR count). The summed E-state index contributed by atoms with van der Waals surface area (Å²) in [5.74, 6) is -0.0990. The Balaban J connectivity index is 1.75. The standard InChI is InChI=1S/C20H16ClNO3S/c1-13(23)12-26-18-9-5-3-7-16(18)20(24)25-11-15-10-14-6-2-4-8-17(14)22-19(15)21/h2-10H,11-12H2,1H3. The summed E-state index contributed by atoms with van der Waals surface area (Å²) in [5, 5.41) is 1.25. The SMILES string of the molecule is CC(=O)CSc1ccccc1C(=O)OCc1cc2ccccc2nc1Cl. The summed E-state index contributed by atoms with van der Waals surface area (Å²) in [6.45, 7) is 1.55. The summed E-state index contributed by atoms with van der Waals surface area (Å²) in [6, 6.07) is 16.5. The van der Waals surface area contributed by atoms with Crippen molar-refractivity contribution in [3.63, 3.8) is 0 Å². The lowest BCUT2D eigenvalue weighted by atomic mass is 10.1. The van der Waals surface area contributed by atoms with Crippen LogP contribution in [-0.2, 0) is 16.1 Å². The van der Waals surface area contributed by atoms with E-state index in [9.17, 15) is 9.59 Å². The lowest BCUT2D eigenvalue weighted by Crippen LogP contribution is -2.08. The van der Waals surface area contributed by atoms with E-state index in [-0.39, 0.29) is 12.4 Å². The highest BCUT2D eigenvalue weighted by molar-refractivity contribution is 8.00. The third kappa shape index (κ3) is 4.42. The number of pyridine rings is 1. The third-order valence-electron chi connectivity index (χ3n) is 3.65. The van der Waals surface area contributed by atoms with E-state index in [1.165, 1.54) is 18.7 Å². The summed E-state index contributed by atoms with van der Waals surface area (Å²) in [7, 11) is 0. The number of halogens is 1. The van der Waals surface area contributed by atoms with E-state index in [1.54, 1.807) is 18.2 Å². The molecule has 0 aliphatic heterocycles. The monoisotopic (exact) mass is 385 g/mol. The highest BCUT2D eigenvalue weighted by atomic mass is 35.5. The van der Waals surface area contributed by atoms with Crippen LogP contribution in [0.3, 0.4) is 0 Å². The van der Waals surface area contributed by atoms with Gasteiger partial charge in [-0.25, -0.2) is 9.78 Å². The van der Waals surface area contributed by atoms with Gasteiger partial charge in [0, 0.05) is 15.8 Å². The zero-order valence-corrected chi connectivity index (χ0v) is 15.6. The number of fused-ring (bicyclic) bond motifs is 1. The number of aromatic nitrogens is 1. The Labute approximate surface area is 160 Å². The predicted molar refractivity (Wildman–Crippen MR) is 104 cm³/mol. The lowest BCUT2D eigenvalue weighted by molar-refractivity contribution is -0.114. The minimum atomic E-state index is -0.458. The zero-order chi connectivity index (χ0) is 18.5. The molecule has 0 radical (unpaired) electrons. The molecule has 0 N–H and O–H groups in total. The first kappa shape index (κ1) is 18.4. The topological polar surface area (TPSA) is 56.3 Å². The van der Waals surface area contributed by atoms with Crippen LogP contribution in [-0.4, -0.2) is 22.5 Å². The smallest absolute Gasteiger partial charge is 0.339 e. The van der Waals surface area contributed by atoms with Gasteiger partial charge in [0.05, 0.1) is 16.8 Å². The second-order valence-corrected chi connectivity index (χ2v) is 7.07. The Morgan fingerprint density at radius 1 is 1.12 bits per heavy atom. The lowest BCUT2D eigenvalue weighted by Gasteiger charge is -2.10. The number of benzene rings is 2. The van der Waals surface area contributed by atoms with Gasteiger partial charge >= 0.3 is 5.97 Å². The highest BCUT2D eigenvalue weighted by Gasteiger charge is 2.15. The first-order valence-corrected chi connectivity index (χ1v) is 9.33. The largest absolute Gasteiger partial charge is 0.457 e. The molecule has 0 aliphatic rings. The Hall–Kier alpha value is -2.37. The second-order valence-electron chi connectivity index (χ2n) is 5.69. The number of nitrogens with zero attached hydrogens (tertiary/aromatic N) is 1. The number of rotatable bonds is 6. The van der Waals surface area contributed by atoms with E-state index < -0.39 is 5.97 Å². The van der Waals surface area contributed by atoms with Crippen LogP contribution in [0, 0.1) is 0 Å². The average Bonchev–Trinajstić information content (AvgIpc) is 2.64. The van der Waals surface area contributed by atoms with Gasteiger partial charge in [0.2, 0.25) is 0 Å². The van der Waals surface area contributed by atoms with E-state index in [0.717, 1.165) is 15.8 Å². The first-order valence-electron chi connectivity index (χ1n) is 7.97. The van der Waals surface area contributed by atoms with Crippen LogP contribution in [0.4, 0.5) is 0 Å². The molecule has 132 valence electrons. The first-order chi connectivity index (χ1) is 12.5. The minimum Gasteiger partial charge on any atom is -0.457 e. The van der Waals surface area contributed by atoms with Gasteiger partial charge in [0.15, 0.2) is 0 Å². The van der Waals surface area contributed by atoms with Crippen LogP contribution < -0.4 is 0 Å². The van der Waals surface area contributed by atoms with Crippen LogP contribution in [0.1, 0.15) is 22.8 Å². The molecule has 0 amide bonds. The molecule has 0 saturated heterocycles. The van der Waals surface area contributed by atoms with Crippen molar-refractivity contribution in [1.29, 1.82) is 0 Å². The Bertz CT molecular complexity index is 974. The number of ketones is 1. The molecule has 26 heavy (non-hydrogen) atoms. The molecule has 1 aromatic heterocycles. The number of ether oxygens (including phenoxy) is 1. The van der Waals surface area contributed by atoms with E-state index >= 15 is 0 Å². The quantitative estimate of drug-likeness (QED) is 0.342. The molecule has 0 atom stereocenters. The van der Waals surface area contributed by atoms with Gasteiger partial charge in [-0.2, -0.15) is 0 Å². The molecule has 4 nitrogen and oxygen atoms in total. The maximum absolute atomic E-state index is 12.5. The van der Waals surface area contributed by atoms with Crippen molar-refractivity contribution in [2.45, 2.75) is 18.4 Å². The molecule has 0 fully saturated rings. The van der Waals surface area contributed by atoms with Crippen molar-refractivity contribution in [3.05, 3.63) is 70.9 Å². The number of carbonyl (C=O) groups is 2. The van der Waals surface area contributed by atoms with E-state index in [1.807, 2.05) is 36.4 Å². The Kier molecular flexibility index (Phi) is 5.91. The molecule has 2 aromatic carbocycles. The third-order valence-corrected chi connectivity index (χ3v) is 5.19. The van der Waals surface area contributed by atoms with Gasteiger partial charge in [-0.3, -0.25) is 4.79 Å². The van der Waals surface area contributed by atoms with Gasteiger partial charge < -0.3 is 4.74 Å². The zero-order valence-electron chi connectivity index (χ0n) is 14.1. The molecule has 0 saturated carbocycles. The van der Waals surface area contributed by atoms with Crippen LogP contribution in [0.15, 0.2) is 59.5 Å². The summed E-state index contributed by atoms with van der Waals surface area (Å²) >= 11 is 7.53. The second kappa shape index (κ2) is 8.34. The normalized spacial score (nSPS) is 10.7. The van der Waals surface area contributed by atoms with Gasteiger partial charge in [0.1, 0.15) is 17.5 Å². The van der Waals surface area contributed by atoms with Gasteiger partial charge in [-0.05, 0) is 31.2 Å². The molecule has 0 bridgehead atoms. The Morgan fingerprint density at radius 2 is 1.85 bits per heavy atom. The van der Waals surface area contributed by atoms with Crippen molar-refractivity contribution in [2.24, 2.45) is 0 Å². The van der Waals surface area contributed by atoms with Crippen LogP contribution in [0.5, 0.6) is 0 Å². The molecule has 0 aliphatic carbocycles. The fourth-order valence-electron chi connectivity index (χ4n) is 2.40. The maximum Gasteiger partial charge on any atom is 0.339 e. The van der Waals surface area contributed by atoms with Gasteiger partial charge in [-0.1, -0.05) is 41.9 Å². The number of hydrogen-bond acceptors (Lipinski definition) is 5. The fourth-order valence-corrected chi connectivity index (χ4v) is 3.44. The molecular formula is C20H16ClNO3S. The molecule has 6 heteroatoms. The van der Waals surface area contributed by atoms with Crippen LogP contribution in [0.25, 0.3) is 10.9 Å². The van der Waals surface area contributed by atoms with Crippen molar-refractivity contribution in [2.75, 3.05) is 5.75 Å². The number of Topliss-reactive ketones (excluding diaryl/α,β-unsaturated/α-hetero) is 1. The van der Waals surface area contributed by atoms with Crippen molar-refractivity contribution in [1.82, 2.24) is 4.98 Å². The van der Waals surface area contributed by atoms with Gasteiger partial charge in [0.25, 0.3) is 0 Å². The number of carbonyl (C=O) groups excluding carboxylic acids is 2. The molecule has 0 unspecified atom stereocenters. The number of esters is 1. The number of hydrogen-bond donors (Lipinski definition) is 0. The van der Waals surface area contributed by atoms with Crippen LogP contribution in [0.2, 0.25) is 5.15 Å². The molecule has 0 spiro atoms. The van der Waals surface area contributed by atoms with E-state index in [0.29, 0.717) is 22.0 Å². The van der Waals surface area contributed by atoms with Crippen molar-refractivity contribution >= 4 is 46.0 Å². The minimum absolute atomic E-state index is 0.0290. The molecule has 3 aromatic rings. The predicted octanol–water partition coefficient (Wildman–Crippen LogP) is 4.93. The number of para-hydroxylation sites is 1. The summed E-state index contributed by atoms with van der Waals surface area (Å²) in [6.07, 6.45) is 0. The Morgan fingerprint density at radius 3 is 2.65 bits per heavy atom. The summed E-state index contributed by atoms with van der Waals surface area (Å²) < 4.78 is 5.43. The van der Waals surface area contributed by atoms with Crippen molar-refractivity contribution in [3.8, 4) is 0 Å². The summed E-state index contributed by atoms with van der Waals surface area (Å²) in [4.78, 5) is 28.7. The molecular weight excluding hydrogens is 370 g/mol. The number of thioether (sulfide) groups is 1. The van der Waals surface area contributed by atoms with E-state index in [2.05, 4.69) is 4.98 Å². The fraction of sp³-hybridized carbons (Fsp3) is 0.150.